The molecule has 0 fully saturated rings. The van der Waals surface area contributed by atoms with Crippen LogP contribution in [0.25, 0.3) is 0 Å². The van der Waals surface area contributed by atoms with Gasteiger partial charge in [0.2, 0.25) is 0 Å². The van der Waals surface area contributed by atoms with Gasteiger partial charge in [0, 0.05) is 17.3 Å². The molecule has 5 heteroatoms. The highest BCUT2D eigenvalue weighted by Gasteiger charge is 2.06. The first kappa shape index (κ1) is 9.92. The van der Waals surface area contributed by atoms with E-state index in [4.69, 9.17) is 5.73 Å². The van der Waals surface area contributed by atoms with Crippen molar-refractivity contribution in [2.45, 2.75) is 10.1 Å². The summed E-state index contributed by atoms with van der Waals surface area (Å²) < 4.78 is 13.1. The van der Waals surface area contributed by atoms with Gasteiger partial charge in [-0.15, -0.1) is 0 Å². The Hall–Kier alpha value is -1.62. The molecule has 15 heavy (non-hydrogen) atoms. The summed E-state index contributed by atoms with van der Waals surface area (Å²) in [7, 11) is 0. The number of nitrogens with two attached hydrogens (primary N) is 1. The van der Waals surface area contributed by atoms with Gasteiger partial charge in [0.15, 0.2) is 5.16 Å². The van der Waals surface area contributed by atoms with E-state index in [1.807, 2.05) is 0 Å². The third-order valence-electron chi connectivity index (χ3n) is 1.76. The summed E-state index contributed by atoms with van der Waals surface area (Å²) in [6.07, 6.45) is 3.26. The SMILES string of the molecule is Nc1c(F)cccc1Sc1ncccn1. The average Bonchev–Trinajstić information content (AvgIpc) is 2.26. The topological polar surface area (TPSA) is 51.8 Å². The summed E-state index contributed by atoms with van der Waals surface area (Å²) in [5.41, 5.74) is 5.71. The molecule has 1 aromatic heterocycles. The number of nitrogens with zero attached hydrogens (tertiary/aromatic N) is 2. The lowest BCUT2D eigenvalue weighted by Crippen LogP contribution is -1.93. The van der Waals surface area contributed by atoms with Crippen LogP contribution >= 0.6 is 11.8 Å². The Labute approximate surface area is 90.6 Å². The molecule has 1 aromatic carbocycles. The smallest absolute Gasteiger partial charge is 0.192 e. The van der Waals surface area contributed by atoms with Crippen LogP contribution in [0, 0.1) is 5.82 Å². The van der Waals surface area contributed by atoms with Gasteiger partial charge in [0.05, 0.1) is 5.69 Å². The Balaban J connectivity index is 2.29. The van der Waals surface area contributed by atoms with Crippen LogP contribution < -0.4 is 5.73 Å². The molecule has 0 aliphatic heterocycles. The van der Waals surface area contributed by atoms with E-state index in [0.717, 1.165) is 0 Å². The van der Waals surface area contributed by atoms with Crippen LogP contribution in [0.15, 0.2) is 46.7 Å². The number of para-hydroxylation sites is 1. The lowest BCUT2D eigenvalue weighted by molar-refractivity contribution is 0.629. The number of hydrogen-bond donors (Lipinski definition) is 1. The molecule has 2 aromatic rings. The maximum absolute atomic E-state index is 13.1. The molecule has 2 rings (SSSR count). The molecule has 0 amide bonds. The zero-order valence-electron chi connectivity index (χ0n) is 7.72. The fourth-order valence-corrected chi connectivity index (χ4v) is 1.82. The molecule has 0 spiro atoms. The van der Waals surface area contributed by atoms with Gasteiger partial charge < -0.3 is 5.73 Å². The zero-order valence-corrected chi connectivity index (χ0v) is 8.54. The molecule has 0 aliphatic carbocycles. The van der Waals surface area contributed by atoms with Crippen molar-refractivity contribution in [1.29, 1.82) is 0 Å². The van der Waals surface area contributed by atoms with Crippen molar-refractivity contribution in [2.24, 2.45) is 0 Å². The van der Waals surface area contributed by atoms with Gasteiger partial charge in [0.25, 0.3) is 0 Å². The second-order valence-corrected chi connectivity index (χ2v) is 3.79. The first-order valence-corrected chi connectivity index (χ1v) is 5.08. The Morgan fingerprint density at radius 3 is 2.60 bits per heavy atom. The summed E-state index contributed by atoms with van der Waals surface area (Å²) in [6, 6.07) is 6.39. The maximum Gasteiger partial charge on any atom is 0.192 e. The minimum atomic E-state index is -0.420. The summed E-state index contributed by atoms with van der Waals surface area (Å²) >= 11 is 1.24. The molecule has 1 heterocycles. The molecular formula is C10H8FN3S. The van der Waals surface area contributed by atoms with E-state index >= 15 is 0 Å². The second kappa shape index (κ2) is 4.27. The van der Waals surface area contributed by atoms with Gasteiger partial charge in [-0.25, -0.2) is 14.4 Å². The number of benzene rings is 1. The van der Waals surface area contributed by atoms with Gasteiger partial charge in [-0.2, -0.15) is 0 Å². The highest BCUT2D eigenvalue weighted by Crippen LogP contribution is 2.30. The summed E-state index contributed by atoms with van der Waals surface area (Å²) in [5, 5.41) is 0.551. The molecule has 0 atom stereocenters. The Bertz CT molecular complexity index is 461. The Kier molecular flexibility index (Phi) is 2.82. The second-order valence-electron chi connectivity index (χ2n) is 2.79. The molecule has 2 N–H and O–H groups in total. The molecule has 0 unspecified atom stereocenters. The minimum absolute atomic E-state index is 0.134. The van der Waals surface area contributed by atoms with Crippen molar-refractivity contribution < 1.29 is 4.39 Å². The van der Waals surface area contributed by atoms with Gasteiger partial charge in [-0.3, -0.25) is 0 Å². The molecule has 0 bridgehead atoms. The van der Waals surface area contributed by atoms with Crippen LogP contribution in [0.1, 0.15) is 0 Å². The van der Waals surface area contributed by atoms with Crippen molar-refractivity contribution in [3.05, 3.63) is 42.5 Å². The molecule has 3 nitrogen and oxygen atoms in total. The third-order valence-corrected chi connectivity index (χ3v) is 2.73. The Morgan fingerprint density at radius 1 is 1.13 bits per heavy atom. The zero-order chi connectivity index (χ0) is 10.7. The first-order valence-electron chi connectivity index (χ1n) is 4.26. The number of halogens is 1. The average molecular weight is 221 g/mol. The van der Waals surface area contributed by atoms with Crippen molar-refractivity contribution in [3.63, 3.8) is 0 Å². The van der Waals surface area contributed by atoms with Crippen LogP contribution in [0.2, 0.25) is 0 Å². The number of hydrogen-bond acceptors (Lipinski definition) is 4. The summed E-state index contributed by atoms with van der Waals surface area (Å²) in [5.74, 6) is -0.420. The molecule has 0 saturated carbocycles. The van der Waals surface area contributed by atoms with E-state index in [0.29, 0.717) is 10.1 Å². The van der Waals surface area contributed by atoms with Crippen molar-refractivity contribution in [2.75, 3.05) is 5.73 Å². The van der Waals surface area contributed by atoms with Crippen LogP contribution in [0.3, 0.4) is 0 Å². The van der Waals surface area contributed by atoms with Crippen molar-refractivity contribution in [3.8, 4) is 0 Å². The fraction of sp³-hybridized carbons (Fsp3) is 0. The molecular weight excluding hydrogens is 213 g/mol. The largest absolute Gasteiger partial charge is 0.395 e. The normalized spacial score (nSPS) is 10.2. The fourth-order valence-electron chi connectivity index (χ4n) is 1.04. The third kappa shape index (κ3) is 2.24. The van der Waals surface area contributed by atoms with Gasteiger partial charge >= 0.3 is 0 Å². The summed E-state index contributed by atoms with van der Waals surface area (Å²) in [6.45, 7) is 0. The van der Waals surface area contributed by atoms with Gasteiger partial charge in [-0.1, -0.05) is 6.07 Å². The first-order chi connectivity index (χ1) is 7.27. The van der Waals surface area contributed by atoms with Crippen LogP contribution in [-0.2, 0) is 0 Å². The molecule has 0 saturated heterocycles. The van der Waals surface area contributed by atoms with E-state index < -0.39 is 5.82 Å². The van der Waals surface area contributed by atoms with Gasteiger partial charge in [0.1, 0.15) is 5.82 Å². The number of aromatic nitrogens is 2. The predicted octanol–water partition coefficient (Wildman–Crippen LogP) is 2.35. The monoisotopic (exact) mass is 221 g/mol. The number of nitrogen functional groups attached to an aromatic ring is 1. The Morgan fingerprint density at radius 2 is 1.87 bits per heavy atom. The quantitative estimate of drug-likeness (QED) is 0.624. The van der Waals surface area contributed by atoms with E-state index in [9.17, 15) is 4.39 Å². The van der Waals surface area contributed by atoms with Gasteiger partial charge in [-0.05, 0) is 30.0 Å². The van der Waals surface area contributed by atoms with Crippen molar-refractivity contribution in [1.82, 2.24) is 9.97 Å². The highest BCUT2D eigenvalue weighted by atomic mass is 32.2. The predicted molar refractivity (Wildman–Crippen MR) is 57.0 cm³/mol. The van der Waals surface area contributed by atoms with Crippen molar-refractivity contribution >= 4 is 17.4 Å². The maximum atomic E-state index is 13.1. The lowest BCUT2D eigenvalue weighted by atomic mass is 10.3. The molecule has 0 radical (unpaired) electrons. The number of rotatable bonds is 2. The van der Waals surface area contributed by atoms with E-state index in [1.54, 1.807) is 30.6 Å². The van der Waals surface area contributed by atoms with E-state index in [-0.39, 0.29) is 5.69 Å². The highest BCUT2D eigenvalue weighted by molar-refractivity contribution is 7.99. The standard InChI is InChI=1S/C10H8FN3S/c11-7-3-1-4-8(9(7)12)15-10-13-5-2-6-14-10/h1-6H,12H2. The summed E-state index contributed by atoms with van der Waals surface area (Å²) in [4.78, 5) is 8.66. The van der Waals surface area contributed by atoms with E-state index in [1.165, 1.54) is 17.8 Å². The van der Waals surface area contributed by atoms with Crippen LogP contribution in [0.4, 0.5) is 10.1 Å². The van der Waals surface area contributed by atoms with E-state index in [2.05, 4.69) is 9.97 Å². The molecule has 76 valence electrons. The number of anilines is 1. The van der Waals surface area contributed by atoms with Crippen LogP contribution in [-0.4, -0.2) is 9.97 Å². The van der Waals surface area contributed by atoms with Crippen LogP contribution in [0.5, 0.6) is 0 Å². The lowest BCUT2D eigenvalue weighted by Gasteiger charge is -2.03. The minimum Gasteiger partial charge on any atom is -0.395 e. The molecule has 0 aliphatic rings.